The molecule has 2 atom stereocenters. The van der Waals surface area contributed by atoms with Crippen LogP contribution in [-0.4, -0.2) is 32.5 Å². The van der Waals surface area contributed by atoms with Gasteiger partial charge in [-0.05, 0) is 38.1 Å². The van der Waals surface area contributed by atoms with E-state index in [2.05, 4.69) is 0 Å². The fraction of sp³-hybridized carbons (Fsp3) is 0.278. The molecule has 0 amide bonds. The second kappa shape index (κ2) is 5.76. The van der Waals surface area contributed by atoms with E-state index < -0.39 is 29.3 Å². The van der Waals surface area contributed by atoms with Gasteiger partial charge < -0.3 is 19.5 Å². The summed E-state index contributed by atoms with van der Waals surface area (Å²) in [6.45, 7) is 3.36. The summed E-state index contributed by atoms with van der Waals surface area (Å²) < 4.78 is 6.99. The Kier molecular flexibility index (Phi) is 3.85. The topological polar surface area (TPSA) is 113 Å². The van der Waals surface area contributed by atoms with E-state index in [4.69, 9.17) is 10.00 Å². The molecule has 1 aliphatic rings. The lowest BCUT2D eigenvalue weighted by atomic mass is 9.85. The molecular weight excluding hydrogens is 324 g/mol. The third-order valence-electron chi connectivity index (χ3n) is 4.33. The van der Waals surface area contributed by atoms with E-state index in [1.165, 1.54) is 16.8 Å². The van der Waals surface area contributed by atoms with Crippen molar-refractivity contribution in [3.63, 3.8) is 0 Å². The van der Waals surface area contributed by atoms with E-state index in [-0.39, 0.29) is 5.56 Å². The first kappa shape index (κ1) is 16.7. The van der Waals surface area contributed by atoms with Crippen LogP contribution in [0.25, 0.3) is 0 Å². The Labute approximate surface area is 143 Å². The first-order valence-electron chi connectivity index (χ1n) is 7.61. The Balaban J connectivity index is 2.28. The number of benzene rings is 1. The van der Waals surface area contributed by atoms with Gasteiger partial charge in [-0.3, -0.25) is 4.79 Å². The van der Waals surface area contributed by atoms with Gasteiger partial charge in [-0.2, -0.15) is 5.26 Å². The summed E-state index contributed by atoms with van der Waals surface area (Å²) in [7, 11) is 0. The number of carbonyl (C=O) groups is 1. The molecular formula is C18H16N2O5. The van der Waals surface area contributed by atoms with Gasteiger partial charge in [0.25, 0.3) is 5.56 Å². The molecule has 1 aromatic heterocycles. The third kappa shape index (κ3) is 2.77. The van der Waals surface area contributed by atoms with Gasteiger partial charge in [0.1, 0.15) is 17.5 Å². The number of aliphatic hydroxyl groups is 1. The summed E-state index contributed by atoms with van der Waals surface area (Å²) in [6, 6.07) is 8.23. The fourth-order valence-electron chi connectivity index (χ4n) is 2.99. The number of carboxylic acid groups (broad SMARTS) is 1. The first-order chi connectivity index (χ1) is 11.7. The Morgan fingerprint density at radius 1 is 1.32 bits per heavy atom. The number of rotatable bonds is 2. The van der Waals surface area contributed by atoms with Gasteiger partial charge in [0.2, 0.25) is 0 Å². The normalized spacial score (nSPS) is 20.9. The lowest BCUT2D eigenvalue weighted by Gasteiger charge is -2.42. The number of pyridine rings is 1. The molecule has 3 rings (SSSR count). The molecule has 0 unspecified atom stereocenters. The van der Waals surface area contributed by atoms with Crippen molar-refractivity contribution in [2.45, 2.75) is 31.6 Å². The number of hydrogen-bond donors (Lipinski definition) is 2. The molecule has 0 aliphatic carbocycles. The Bertz CT molecular complexity index is 955. The highest BCUT2D eigenvalue weighted by atomic mass is 16.5. The molecule has 0 radical (unpaired) electrons. The summed E-state index contributed by atoms with van der Waals surface area (Å²) in [5, 5.41) is 29.1. The first-order valence-corrected chi connectivity index (χ1v) is 7.61. The zero-order valence-corrected chi connectivity index (χ0v) is 13.6. The van der Waals surface area contributed by atoms with Crippen LogP contribution in [0.4, 0.5) is 0 Å². The summed E-state index contributed by atoms with van der Waals surface area (Å²) >= 11 is 0. The molecule has 1 aromatic carbocycles. The minimum absolute atomic E-state index is 0.0749. The van der Waals surface area contributed by atoms with E-state index in [0.717, 1.165) is 6.07 Å². The third-order valence-corrected chi connectivity index (χ3v) is 4.33. The maximum absolute atomic E-state index is 12.4. The van der Waals surface area contributed by atoms with Gasteiger partial charge in [-0.15, -0.1) is 0 Å². The van der Waals surface area contributed by atoms with Crippen molar-refractivity contribution in [1.82, 2.24) is 4.57 Å². The fourth-order valence-corrected chi connectivity index (χ4v) is 2.99. The van der Waals surface area contributed by atoms with Gasteiger partial charge >= 0.3 is 5.97 Å². The van der Waals surface area contributed by atoms with Crippen molar-refractivity contribution < 1.29 is 19.7 Å². The molecule has 0 bridgehead atoms. The largest absolute Gasteiger partial charge is 0.485 e. The van der Waals surface area contributed by atoms with Crippen LogP contribution in [-0.2, 0) is 0 Å². The number of hydrogen-bond acceptors (Lipinski definition) is 5. The van der Waals surface area contributed by atoms with E-state index in [9.17, 15) is 19.8 Å². The van der Waals surface area contributed by atoms with Gasteiger partial charge in [-0.1, -0.05) is 0 Å². The molecule has 0 spiro atoms. The van der Waals surface area contributed by atoms with Crippen molar-refractivity contribution >= 4 is 5.97 Å². The van der Waals surface area contributed by atoms with Crippen LogP contribution in [0.2, 0.25) is 0 Å². The molecule has 1 aliphatic heterocycles. The Hall–Kier alpha value is -3.11. The molecule has 2 heterocycles. The number of aliphatic hydroxyl groups excluding tert-OH is 1. The quantitative estimate of drug-likeness (QED) is 0.857. The second-order valence-corrected chi connectivity index (χ2v) is 6.43. The van der Waals surface area contributed by atoms with Crippen molar-refractivity contribution in [1.29, 1.82) is 5.26 Å². The SMILES string of the molecule is CC1(C)Oc2ccc(C#N)cc2[C@@H](n2cc(C(=O)O)ccc2=O)[C@@H]1O. The lowest BCUT2D eigenvalue weighted by Crippen LogP contribution is -2.52. The highest BCUT2D eigenvalue weighted by molar-refractivity contribution is 5.87. The number of nitrogens with zero attached hydrogens (tertiary/aromatic N) is 2. The van der Waals surface area contributed by atoms with Crippen LogP contribution in [0.5, 0.6) is 5.75 Å². The smallest absolute Gasteiger partial charge is 0.337 e. The predicted molar refractivity (Wildman–Crippen MR) is 87.7 cm³/mol. The van der Waals surface area contributed by atoms with Crippen LogP contribution in [0.1, 0.15) is 41.4 Å². The summed E-state index contributed by atoms with van der Waals surface area (Å²) in [4.78, 5) is 23.6. The number of aromatic nitrogens is 1. The summed E-state index contributed by atoms with van der Waals surface area (Å²) in [5.74, 6) is -0.743. The van der Waals surface area contributed by atoms with E-state index in [1.807, 2.05) is 6.07 Å². The molecule has 7 nitrogen and oxygen atoms in total. The standard InChI is InChI=1S/C18H16N2O5/c1-18(2)16(22)15(12-7-10(8-19)3-5-13(12)25-18)20-9-11(17(23)24)4-6-14(20)21/h3-7,9,15-16,22H,1-2H3,(H,23,24)/t15-,16+/m1/s1. The molecule has 0 saturated carbocycles. The Morgan fingerprint density at radius 2 is 2.04 bits per heavy atom. The average molecular weight is 340 g/mol. The molecule has 2 aromatic rings. The highest BCUT2D eigenvalue weighted by Crippen LogP contribution is 2.41. The molecule has 7 heteroatoms. The molecule has 2 N–H and O–H groups in total. The minimum Gasteiger partial charge on any atom is -0.485 e. The van der Waals surface area contributed by atoms with Crippen molar-refractivity contribution in [2.24, 2.45) is 0 Å². The van der Waals surface area contributed by atoms with Crippen molar-refractivity contribution in [2.75, 3.05) is 0 Å². The van der Waals surface area contributed by atoms with Gasteiger partial charge in [0, 0.05) is 17.8 Å². The maximum atomic E-state index is 12.4. The lowest BCUT2D eigenvalue weighted by molar-refractivity contribution is -0.0643. The number of ether oxygens (including phenoxy) is 1. The zero-order chi connectivity index (χ0) is 18.4. The van der Waals surface area contributed by atoms with Crippen LogP contribution >= 0.6 is 0 Å². The van der Waals surface area contributed by atoms with Crippen LogP contribution < -0.4 is 10.3 Å². The number of aromatic carboxylic acids is 1. The summed E-state index contributed by atoms with van der Waals surface area (Å²) in [5.41, 5.74) is -0.740. The number of fused-ring (bicyclic) bond motifs is 1. The van der Waals surface area contributed by atoms with E-state index in [1.54, 1.807) is 32.0 Å². The minimum atomic E-state index is -1.18. The maximum Gasteiger partial charge on any atom is 0.337 e. The monoisotopic (exact) mass is 340 g/mol. The highest BCUT2D eigenvalue weighted by Gasteiger charge is 2.44. The van der Waals surface area contributed by atoms with Crippen LogP contribution in [0.15, 0.2) is 41.3 Å². The van der Waals surface area contributed by atoms with Gasteiger partial charge in [0.15, 0.2) is 0 Å². The average Bonchev–Trinajstić information content (AvgIpc) is 2.56. The van der Waals surface area contributed by atoms with Gasteiger partial charge in [0.05, 0.1) is 23.2 Å². The molecule has 0 saturated heterocycles. The van der Waals surface area contributed by atoms with Crippen molar-refractivity contribution in [3.05, 3.63) is 63.6 Å². The number of carboxylic acids is 1. The van der Waals surface area contributed by atoms with Crippen LogP contribution in [0, 0.1) is 11.3 Å². The van der Waals surface area contributed by atoms with E-state index >= 15 is 0 Å². The van der Waals surface area contributed by atoms with Crippen molar-refractivity contribution in [3.8, 4) is 11.8 Å². The predicted octanol–water partition coefficient (Wildman–Crippen LogP) is 1.54. The van der Waals surface area contributed by atoms with Gasteiger partial charge in [-0.25, -0.2) is 4.79 Å². The Morgan fingerprint density at radius 3 is 2.68 bits per heavy atom. The summed E-state index contributed by atoms with van der Waals surface area (Å²) in [6.07, 6.45) is 0.0682. The molecule has 128 valence electrons. The number of nitriles is 1. The zero-order valence-electron chi connectivity index (χ0n) is 13.6. The van der Waals surface area contributed by atoms with E-state index in [0.29, 0.717) is 16.9 Å². The van der Waals surface area contributed by atoms with Crippen LogP contribution in [0.3, 0.4) is 0 Å². The molecule has 0 fully saturated rings. The second-order valence-electron chi connectivity index (χ2n) is 6.43. The molecule has 25 heavy (non-hydrogen) atoms.